The fourth-order valence-corrected chi connectivity index (χ4v) is 3.00. The highest BCUT2D eigenvalue weighted by Crippen LogP contribution is 2.29. The van der Waals surface area contributed by atoms with Gasteiger partial charge in [0, 0.05) is 28.2 Å². The zero-order valence-electron chi connectivity index (χ0n) is 13.1. The van der Waals surface area contributed by atoms with Crippen molar-refractivity contribution in [2.75, 3.05) is 0 Å². The monoisotopic (exact) mass is 284 g/mol. The van der Waals surface area contributed by atoms with Crippen molar-refractivity contribution >= 4 is 16.8 Å². The van der Waals surface area contributed by atoms with Crippen LogP contribution >= 0.6 is 0 Å². The van der Waals surface area contributed by atoms with E-state index in [1.807, 2.05) is 12.1 Å². The molecule has 0 saturated heterocycles. The highest BCUT2D eigenvalue weighted by molar-refractivity contribution is 5.99. The molecule has 2 aromatic rings. The number of aromatic amines is 1. The third-order valence-corrected chi connectivity index (χ3v) is 4.72. The average Bonchev–Trinajstić information content (AvgIpc) is 2.84. The topological polar surface area (TPSA) is 44.9 Å². The Bertz CT molecular complexity index is 669. The molecule has 1 aliphatic rings. The lowest BCUT2D eigenvalue weighted by Gasteiger charge is -2.17. The molecule has 1 heterocycles. The zero-order valence-corrected chi connectivity index (χ0v) is 13.1. The molecule has 0 fully saturated rings. The number of fused-ring (bicyclic) bond motifs is 3. The number of H-pyrrole nitrogens is 1. The normalized spacial score (nSPS) is 16.0. The van der Waals surface area contributed by atoms with Gasteiger partial charge in [-0.05, 0) is 62.3 Å². The van der Waals surface area contributed by atoms with Gasteiger partial charge in [-0.25, -0.2) is 0 Å². The highest BCUT2D eigenvalue weighted by Gasteiger charge is 2.17. The number of carbonyl (C=O) groups is 1. The highest BCUT2D eigenvalue weighted by atomic mass is 16.1. The molecular formula is C18H24N2O. The molecule has 1 aromatic carbocycles. The maximum absolute atomic E-state index is 12.4. The Morgan fingerprint density at radius 1 is 1.19 bits per heavy atom. The van der Waals surface area contributed by atoms with E-state index in [0.29, 0.717) is 5.92 Å². The molecule has 1 aromatic heterocycles. The van der Waals surface area contributed by atoms with E-state index >= 15 is 0 Å². The van der Waals surface area contributed by atoms with Gasteiger partial charge in [-0.15, -0.1) is 0 Å². The van der Waals surface area contributed by atoms with Crippen molar-refractivity contribution in [2.24, 2.45) is 5.92 Å². The Balaban J connectivity index is 1.91. The minimum absolute atomic E-state index is 0.0314. The number of rotatable bonds is 3. The Morgan fingerprint density at radius 2 is 1.95 bits per heavy atom. The molecule has 0 aliphatic heterocycles. The first-order valence-corrected chi connectivity index (χ1v) is 8.00. The van der Waals surface area contributed by atoms with E-state index in [1.165, 1.54) is 29.5 Å². The van der Waals surface area contributed by atoms with Crippen molar-refractivity contribution < 1.29 is 4.79 Å². The number of hydrogen-bond donors (Lipinski definition) is 2. The van der Waals surface area contributed by atoms with Crippen LogP contribution in [0.15, 0.2) is 18.2 Å². The number of aromatic nitrogens is 1. The summed E-state index contributed by atoms with van der Waals surface area (Å²) in [5, 5.41) is 4.31. The van der Waals surface area contributed by atoms with Crippen LogP contribution in [0.1, 0.15) is 55.2 Å². The van der Waals surface area contributed by atoms with Gasteiger partial charge >= 0.3 is 0 Å². The predicted octanol–water partition coefficient (Wildman–Crippen LogP) is 3.82. The van der Waals surface area contributed by atoms with Crippen molar-refractivity contribution in [1.82, 2.24) is 10.3 Å². The van der Waals surface area contributed by atoms with Crippen molar-refractivity contribution in [1.29, 1.82) is 0 Å². The molecule has 0 saturated carbocycles. The number of carbonyl (C=O) groups excluding carboxylic acids is 1. The molecule has 1 unspecified atom stereocenters. The van der Waals surface area contributed by atoms with E-state index in [4.69, 9.17) is 0 Å². The van der Waals surface area contributed by atoms with Crippen LogP contribution in [0.5, 0.6) is 0 Å². The second-order valence-electron chi connectivity index (χ2n) is 6.56. The lowest BCUT2D eigenvalue weighted by molar-refractivity contribution is 0.0930. The summed E-state index contributed by atoms with van der Waals surface area (Å²) in [6.07, 6.45) is 4.78. The van der Waals surface area contributed by atoms with E-state index in [9.17, 15) is 4.79 Å². The van der Waals surface area contributed by atoms with E-state index in [-0.39, 0.29) is 11.9 Å². The Hall–Kier alpha value is -1.77. The fourth-order valence-electron chi connectivity index (χ4n) is 3.00. The van der Waals surface area contributed by atoms with Crippen LogP contribution in [0.25, 0.3) is 10.9 Å². The van der Waals surface area contributed by atoms with E-state index < -0.39 is 0 Å². The third-order valence-electron chi connectivity index (χ3n) is 4.72. The van der Waals surface area contributed by atoms with Crippen molar-refractivity contribution in [3.05, 3.63) is 35.0 Å². The summed E-state index contributed by atoms with van der Waals surface area (Å²) in [5.74, 6) is 0.474. The number of hydrogen-bond acceptors (Lipinski definition) is 1. The average molecular weight is 284 g/mol. The maximum atomic E-state index is 12.4. The summed E-state index contributed by atoms with van der Waals surface area (Å²) in [5.41, 5.74) is 4.71. The van der Waals surface area contributed by atoms with Gasteiger partial charge in [0.1, 0.15) is 0 Å². The fraction of sp³-hybridized carbons (Fsp3) is 0.500. The lowest BCUT2D eigenvalue weighted by Crippen LogP contribution is -2.36. The van der Waals surface area contributed by atoms with E-state index in [2.05, 4.69) is 37.1 Å². The summed E-state index contributed by atoms with van der Waals surface area (Å²) < 4.78 is 0. The van der Waals surface area contributed by atoms with Crippen LogP contribution in [-0.4, -0.2) is 16.9 Å². The number of aryl methyl sites for hydroxylation is 2. The maximum Gasteiger partial charge on any atom is 0.251 e. The zero-order chi connectivity index (χ0) is 15.0. The third kappa shape index (κ3) is 2.69. The molecule has 2 N–H and O–H groups in total. The second kappa shape index (κ2) is 5.55. The quantitative estimate of drug-likeness (QED) is 0.884. The summed E-state index contributed by atoms with van der Waals surface area (Å²) >= 11 is 0. The molecule has 3 nitrogen and oxygen atoms in total. The molecule has 0 radical (unpaired) electrons. The molecular weight excluding hydrogens is 260 g/mol. The molecule has 0 bridgehead atoms. The van der Waals surface area contributed by atoms with Crippen LogP contribution < -0.4 is 5.32 Å². The molecule has 1 atom stereocenters. The van der Waals surface area contributed by atoms with Gasteiger partial charge in [0.2, 0.25) is 0 Å². The van der Waals surface area contributed by atoms with E-state index in [0.717, 1.165) is 23.9 Å². The lowest BCUT2D eigenvalue weighted by atomic mass is 9.95. The first kappa shape index (κ1) is 14.2. The van der Waals surface area contributed by atoms with Gasteiger partial charge < -0.3 is 10.3 Å². The van der Waals surface area contributed by atoms with Crippen molar-refractivity contribution in [3.8, 4) is 0 Å². The molecule has 1 aliphatic carbocycles. The summed E-state index contributed by atoms with van der Waals surface area (Å²) in [7, 11) is 0. The molecule has 0 spiro atoms. The van der Waals surface area contributed by atoms with Gasteiger partial charge in [0.05, 0.1) is 0 Å². The smallest absolute Gasteiger partial charge is 0.251 e. The van der Waals surface area contributed by atoms with E-state index in [1.54, 1.807) is 0 Å². The van der Waals surface area contributed by atoms with Crippen LogP contribution in [0.4, 0.5) is 0 Å². The number of amides is 1. The van der Waals surface area contributed by atoms with Gasteiger partial charge in [-0.1, -0.05) is 13.8 Å². The minimum atomic E-state index is 0.0314. The first-order valence-electron chi connectivity index (χ1n) is 8.00. The van der Waals surface area contributed by atoms with Crippen LogP contribution in [0, 0.1) is 5.92 Å². The Kier molecular flexibility index (Phi) is 3.75. The van der Waals surface area contributed by atoms with Crippen molar-refractivity contribution in [2.45, 2.75) is 52.5 Å². The number of benzene rings is 1. The summed E-state index contributed by atoms with van der Waals surface area (Å²) in [6.45, 7) is 6.30. The van der Waals surface area contributed by atoms with Gasteiger partial charge in [0.15, 0.2) is 0 Å². The minimum Gasteiger partial charge on any atom is -0.358 e. The molecule has 3 rings (SSSR count). The Morgan fingerprint density at radius 3 is 2.71 bits per heavy atom. The molecule has 3 heteroatoms. The van der Waals surface area contributed by atoms with Crippen LogP contribution in [0.3, 0.4) is 0 Å². The van der Waals surface area contributed by atoms with Crippen molar-refractivity contribution in [3.63, 3.8) is 0 Å². The van der Waals surface area contributed by atoms with Gasteiger partial charge in [-0.2, -0.15) is 0 Å². The van der Waals surface area contributed by atoms with Crippen LogP contribution in [-0.2, 0) is 12.8 Å². The van der Waals surface area contributed by atoms with Gasteiger partial charge in [-0.3, -0.25) is 4.79 Å². The summed E-state index contributed by atoms with van der Waals surface area (Å²) in [4.78, 5) is 15.9. The second-order valence-corrected chi connectivity index (χ2v) is 6.56. The predicted molar refractivity (Wildman–Crippen MR) is 86.7 cm³/mol. The summed E-state index contributed by atoms with van der Waals surface area (Å²) in [6, 6.07) is 6.21. The van der Waals surface area contributed by atoms with Crippen LogP contribution in [0.2, 0.25) is 0 Å². The number of nitrogens with one attached hydrogen (secondary N) is 2. The molecule has 112 valence electrons. The Labute approximate surface area is 126 Å². The standard InChI is InChI=1S/C18H24N2O/c1-11(2)12(3)19-18(21)13-8-9-17-15(10-13)14-6-4-5-7-16(14)20-17/h8-12,20H,4-7H2,1-3H3,(H,19,21). The van der Waals surface area contributed by atoms with Gasteiger partial charge in [0.25, 0.3) is 5.91 Å². The largest absolute Gasteiger partial charge is 0.358 e. The molecule has 1 amide bonds. The SMILES string of the molecule is CC(C)C(C)NC(=O)c1ccc2[nH]c3c(c2c1)CCCC3. The molecule has 21 heavy (non-hydrogen) atoms. The first-order chi connectivity index (χ1) is 10.1.